The first-order chi connectivity index (χ1) is 12.7. The molecule has 0 radical (unpaired) electrons. The molecule has 0 unspecified atom stereocenters. The summed E-state index contributed by atoms with van der Waals surface area (Å²) >= 11 is 3.16. The lowest BCUT2D eigenvalue weighted by Gasteiger charge is -1.98. The number of benzene rings is 1. The summed E-state index contributed by atoms with van der Waals surface area (Å²) in [4.78, 5) is 9.20. The molecule has 1 aromatic carbocycles. The molecular weight excluding hydrogens is 364 g/mol. The van der Waals surface area contributed by atoms with Gasteiger partial charge in [0, 0.05) is 16.7 Å². The van der Waals surface area contributed by atoms with Gasteiger partial charge in [0.25, 0.3) is 0 Å². The molecule has 3 heterocycles. The predicted octanol–water partition coefficient (Wildman–Crippen LogP) is 5.35. The fourth-order valence-electron chi connectivity index (χ4n) is 2.51. The first kappa shape index (κ1) is 17.1. The van der Waals surface area contributed by atoms with Crippen LogP contribution < -0.4 is 0 Å². The van der Waals surface area contributed by atoms with Gasteiger partial charge in [0.15, 0.2) is 16.6 Å². The Balaban J connectivity index is 1.41. The summed E-state index contributed by atoms with van der Waals surface area (Å²) in [5, 5.41) is 11.0. The highest BCUT2D eigenvalue weighted by atomic mass is 32.2. The van der Waals surface area contributed by atoms with Crippen molar-refractivity contribution >= 4 is 23.1 Å². The van der Waals surface area contributed by atoms with Crippen LogP contribution >= 0.6 is 23.1 Å². The number of furan rings is 1. The SMILES string of the molecule is CCc1ccc(-c2nc(SCc3csc(-c4ccc(C)o4)n3)n[nH]2)cc1. The van der Waals surface area contributed by atoms with Crippen LogP contribution in [0.2, 0.25) is 0 Å². The van der Waals surface area contributed by atoms with Crippen LogP contribution in [0.3, 0.4) is 0 Å². The van der Waals surface area contributed by atoms with E-state index in [1.54, 1.807) is 23.1 Å². The Kier molecular flexibility index (Phi) is 4.90. The Hall–Kier alpha value is -2.38. The van der Waals surface area contributed by atoms with E-state index >= 15 is 0 Å². The van der Waals surface area contributed by atoms with E-state index in [1.165, 1.54) is 5.56 Å². The molecule has 0 saturated heterocycles. The number of rotatable bonds is 6. The highest BCUT2D eigenvalue weighted by Crippen LogP contribution is 2.28. The largest absolute Gasteiger partial charge is 0.459 e. The minimum absolute atomic E-state index is 0.724. The number of thiazole rings is 1. The Morgan fingerprint density at radius 1 is 1.12 bits per heavy atom. The third-order valence-electron chi connectivity index (χ3n) is 3.95. The molecule has 0 spiro atoms. The minimum atomic E-state index is 0.724. The van der Waals surface area contributed by atoms with Crippen LogP contribution in [0.5, 0.6) is 0 Å². The van der Waals surface area contributed by atoms with E-state index < -0.39 is 0 Å². The van der Waals surface area contributed by atoms with Gasteiger partial charge < -0.3 is 4.42 Å². The quantitative estimate of drug-likeness (QED) is 0.455. The smallest absolute Gasteiger partial charge is 0.209 e. The Morgan fingerprint density at radius 3 is 2.69 bits per heavy atom. The van der Waals surface area contributed by atoms with E-state index in [0.29, 0.717) is 0 Å². The summed E-state index contributed by atoms with van der Waals surface area (Å²) in [5.74, 6) is 3.23. The molecule has 4 aromatic rings. The van der Waals surface area contributed by atoms with E-state index in [4.69, 9.17) is 4.42 Å². The molecule has 132 valence electrons. The fourth-order valence-corrected chi connectivity index (χ4v) is 4.09. The van der Waals surface area contributed by atoms with Crippen molar-refractivity contribution < 1.29 is 4.42 Å². The molecule has 7 heteroatoms. The zero-order chi connectivity index (χ0) is 17.9. The number of aromatic nitrogens is 4. The van der Waals surface area contributed by atoms with E-state index in [0.717, 1.165) is 50.9 Å². The zero-order valence-corrected chi connectivity index (χ0v) is 16.2. The molecule has 0 aliphatic rings. The number of nitrogens with zero attached hydrogens (tertiary/aromatic N) is 3. The zero-order valence-electron chi connectivity index (χ0n) is 14.5. The van der Waals surface area contributed by atoms with Gasteiger partial charge >= 0.3 is 0 Å². The number of thioether (sulfide) groups is 1. The topological polar surface area (TPSA) is 67.6 Å². The van der Waals surface area contributed by atoms with Crippen molar-refractivity contribution in [3.8, 4) is 22.2 Å². The van der Waals surface area contributed by atoms with Crippen LogP contribution in [0, 0.1) is 6.92 Å². The summed E-state index contributed by atoms with van der Waals surface area (Å²) in [6.07, 6.45) is 1.03. The third kappa shape index (κ3) is 3.73. The van der Waals surface area contributed by atoms with Gasteiger partial charge in [0.1, 0.15) is 5.76 Å². The van der Waals surface area contributed by atoms with Gasteiger partial charge in [-0.05, 0) is 31.0 Å². The number of aryl methyl sites for hydroxylation is 2. The van der Waals surface area contributed by atoms with Gasteiger partial charge in [-0.3, -0.25) is 5.10 Å². The van der Waals surface area contributed by atoms with Crippen LogP contribution in [0.4, 0.5) is 0 Å². The number of aromatic amines is 1. The lowest BCUT2D eigenvalue weighted by Crippen LogP contribution is -1.84. The molecule has 26 heavy (non-hydrogen) atoms. The maximum Gasteiger partial charge on any atom is 0.209 e. The van der Waals surface area contributed by atoms with Crippen LogP contribution in [-0.2, 0) is 12.2 Å². The molecule has 0 saturated carbocycles. The van der Waals surface area contributed by atoms with E-state index in [1.807, 2.05) is 19.1 Å². The minimum Gasteiger partial charge on any atom is -0.459 e. The van der Waals surface area contributed by atoms with E-state index in [-0.39, 0.29) is 0 Å². The first-order valence-electron chi connectivity index (χ1n) is 8.37. The molecule has 0 atom stereocenters. The Morgan fingerprint density at radius 2 is 1.96 bits per heavy atom. The molecule has 0 aliphatic carbocycles. The van der Waals surface area contributed by atoms with Crippen molar-refractivity contribution in [2.45, 2.75) is 31.2 Å². The Labute approximate surface area is 159 Å². The normalized spacial score (nSPS) is 11.2. The van der Waals surface area contributed by atoms with Gasteiger partial charge in [-0.2, -0.15) is 0 Å². The van der Waals surface area contributed by atoms with Crippen molar-refractivity contribution in [1.82, 2.24) is 20.2 Å². The van der Waals surface area contributed by atoms with Gasteiger partial charge in [-0.15, -0.1) is 16.4 Å². The average molecular weight is 383 g/mol. The summed E-state index contributed by atoms with van der Waals surface area (Å²) in [6.45, 7) is 4.08. The van der Waals surface area contributed by atoms with Crippen molar-refractivity contribution in [2.24, 2.45) is 0 Å². The number of hydrogen-bond donors (Lipinski definition) is 1. The van der Waals surface area contributed by atoms with Crippen LogP contribution in [-0.4, -0.2) is 20.2 Å². The van der Waals surface area contributed by atoms with Crippen LogP contribution in [0.1, 0.15) is 23.9 Å². The monoisotopic (exact) mass is 382 g/mol. The molecule has 0 bridgehead atoms. The van der Waals surface area contributed by atoms with Crippen molar-refractivity contribution in [1.29, 1.82) is 0 Å². The molecular formula is C19H18N4OS2. The van der Waals surface area contributed by atoms with Crippen molar-refractivity contribution in [3.05, 3.63) is 58.8 Å². The maximum atomic E-state index is 5.63. The van der Waals surface area contributed by atoms with Gasteiger partial charge in [0.05, 0.1) is 5.69 Å². The molecule has 1 N–H and O–H groups in total. The van der Waals surface area contributed by atoms with Gasteiger partial charge in [-0.1, -0.05) is 43.0 Å². The third-order valence-corrected chi connectivity index (χ3v) is 5.74. The highest BCUT2D eigenvalue weighted by molar-refractivity contribution is 7.98. The Bertz CT molecular complexity index is 1000. The molecule has 0 amide bonds. The van der Waals surface area contributed by atoms with Crippen molar-refractivity contribution in [3.63, 3.8) is 0 Å². The van der Waals surface area contributed by atoms with Gasteiger partial charge in [0.2, 0.25) is 5.16 Å². The predicted molar refractivity (Wildman–Crippen MR) is 105 cm³/mol. The second-order valence-electron chi connectivity index (χ2n) is 5.86. The van der Waals surface area contributed by atoms with E-state index in [9.17, 15) is 0 Å². The first-order valence-corrected chi connectivity index (χ1v) is 10.2. The summed E-state index contributed by atoms with van der Waals surface area (Å²) in [5.41, 5.74) is 3.36. The van der Waals surface area contributed by atoms with Gasteiger partial charge in [-0.25, -0.2) is 9.97 Å². The maximum absolute atomic E-state index is 5.63. The van der Waals surface area contributed by atoms with Crippen LogP contribution in [0.25, 0.3) is 22.2 Å². The lowest BCUT2D eigenvalue weighted by atomic mass is 10.1. The van der Waals surface area contributed by atoms with E-state index in [2.05, 4.69) is 56.7 Å². The molecule has 4 rings (SSSR count). The number of hydrogen-bond acceptors (Lipinski definition) is 6. The second kappa shape index (κ2) is 7.47. The lowest BCUT2D eigenvalue weighted by molar-refractivity contribution is 0.548. The number of H-pyrrole nitrogens is 1. The standard InChI is InChI=1S/C19H18N4OS2/c1-3-13-5-7-14(8-6-13)17-21-19(23-22-17)26-11-15-10-25-18(20-15)16-9-4-12(2)24-16/h4-10H,3,11H2,1-2H3,(H,21,22,23). The molecule has 5 nitrogen and oxygen atoms in total. The van der Waals surface area contributed by atoms with Crippen LogP contribution in [0.15, 0.2) is 51.4 Å². The molecule has 0 aliphatic heterocycles. The molecule has 3 aromatic heterocycles. The highest BCUT2D eigenvalue weighted by Gasteiger charge is 2.11. The summed E-state index contributed by atoms with van der Waals surface area (Å²) < 4.78 is 5.63. The molecule has 0 fully saturated rings. The fraction of sp³-hybridized carbons (Fsp3) is 0.211. The van der Waals surface area contributed by atoms with Crippen molar-refractivity contribution in [2.75, 3.05) is 0 Å². The second-order valence-corrected chi connectivity index (χ2v) is 7.66. The summed E-state index contributed by atoms with van der Waals surface area (Å²) in [6, 6.07) is 12.3. The summed E-state index contributed by atoms with van der Waals surface area (Å²) in [7, 11) is 0. The number of nitrogens with one attached hydrogen (secondary N) is 1. The average Bonchev–Trinajstić information content (AvgIpc) is 3.40.